The third-order valence-electron chi connectivity index (χ3n) is 2.59. The molecule has 18 heavy (non-hydrogen) atoms. The zero-order valence-electron chi connectivity index (χ0n) is 11.7. The molecular formula is C15H23NO2. The normalized spacial score (nSPS) is 10.5. The molecule has 0 aromatic heterocycles. The van der Waals surface area contributed by atoms with Crippen molar-refractivity contribution in [1.82, 2.24) is 5.32 Å². The molecule has 0 spiro atoms. The first kappa shape index (κ1) is 14.6. The number of benzene rings is 1. The molecule has 0 aliphatic heterocycles. The molecule has 0 fully saturated rings. The second-order valence-electron chi connectivity index (χ2n) is 4.94. The maximum atomic E-state index is 11.4. The van der Waals surface area contributed by atoms with Gasteiger partial charge in [-0.05, 0) is 45.7 Å². The Balaban J connectivity index is 2.27. The van der Waals surface area contributed by atoms with Crippen molar-refractivity contribution < 1.29 is 9.53 Å². The molecule has 1 amide bonds. The van der Waals surface area contributed by atoms with Crippen LogP contribution in [0.1, 0.15) is 37.8 Å². The van der Waals surface area contributed by atoms with Crippen LogP contribution in [0.5, 0.6) is 5.75 Å². The maximum Gasteiger partial charge on any atom is 0.220 e. The van der Waals surface area contributed by atoms with Crippen molar-refractivity contribution in [3.63, 3.8) is 0 Å². The molecule has 0 aliphatic rings. The smallest absolute Gasteiger partial charge is 0.220 e. The van der Waals surface area contributed by atoms with Crippen LogP contribution in [0.25, 0.3) is 0 Å². The van der Waals surface area contributed by atoms with E-state index in [1.165, 1.54) is 5.56 Å². The molecule has 1 aromatic rings. The predicted molar refractivity (Wildman–Crippen MR) is 73.9 cm³/mol. The number of aryl methyl sites for hydroxylation is 2. The van der Waals surface area contributed by atoms with E-state index in [1.54, 1.807) is 0 Å². The fraction of sp³-hybridized carbons (Fsp3) is 0.533. The van der Waals surface area contributed by atoms with Gasteiger partial charge < -0.3 is 10.1 Å². The first-order chi connectivity index (χ1) is 8.49. The Labute approximate surface area is 110 Å². The monoisotopic (exact) mass is 249 g/mol. The molecule has 0 bridgehead atoms. The SMILES string of the molecule is Cc1ccc(OCCCC(=O)NC(C)C)c(C)c1. The van der Waals surface area contributed by atoms with Crippen LogP contribution in [0, 0.1) is 13.8 Å². The zero-order valence-corrected chi connectivity index (χ0v) is 11.7. The molecule has 1 N–H and O–H groups in total. The number of amides is 1. The van der Waals surface area contributed by atoms with Gasteiger partial charge in [0.25, 0.3) is 0 Å². The number of nitrogens with one attached hydrogen (secondary N) is 1. The highest BCUT2D eigenvalue weighted by Gasteiger charge is 2.04. The summed E-state index contributed by atoms with van der Waals surface area (Å²) in [4.78, 5) is 11.4. The first-order valence-electron chi connectivity index (χ1n) is 6.48. The Kier molecular flexibility index (Phi) is 5.69. The van der Waals surface area contributed by atoms with Crippen LogP contribution in [0.3, 0.4) is 0 Å². The predicted octanol–water partition coefficient (Wildman–Crippen LogP) is 2.99. The van der Waals surface area contributed by atoms with Crippen LogP contribution >= 0.6 is 0 Å². The Bertz CT molecular complexity index is 399. The van der Waals surface area contributed by atoms with E-state index in [1.807, 2.05) is 32.9 Å². The van der Waals surface area contributed by atoms with E-state index in [0.29, 0.717) is 13.0 Å². The van der Waals surface area contributed by atoms with Gasteiger partial charge in [-0.25, -0.2) is 0 Å². The van der Waals surface area contributed by atoms with Gasteiger partial charge in [0.1, 0.15) is 5.75 Å². The van der Waals surface area contributed by atoms with Crippen molar-refractivity contribution in [2.24, 2.45) is 0 Å². The average molecular weight is 249 g/mol. The summed E-state index contributed by atoms with van der Waals surface area (Å²) in [5, 5.41) is 2.87. The standard InChI is InChI=1S/C15H23NO2/c1-11(2)16-15(17)6-5-9-18-14-8-7-12(3)10-13(14)4/h7-8,10-11H,5-6,9H2,1-4H3,(H,16,17). The number of ether oxygens (including phenoxy) is 1. The highest BCUT2D eigenvalue weighted by molar-refractivity contribution is 5.76. The molecule has 1 rings (SSSR count). The lowest BCUT2D eigenvalue weighted by molar-refractivity contribution is -0.121. The van der Waals surface area contributed by atoms with Crippen molar-refractivity contribution in [1.29, 1.82) is 0 Å². The van der Waals surface area contributed by atoms with Crippen LogP contribution in [0.15, 0.2) is 18.2 Å². The fourth-order valence-corrected chi connectivity index (χ4v) is 1.77. The van der Waals surface area contributed by atoms with E-state index in [-0.39, 0.29) is 11.9 Å². The van der Waals surface area contributed by atoms with Gasteiger partial charge in [-0.3, -0.25) is 4.79 Å². The molecule has 0 unspecified atom stereocenters. The Morgan fingerprint density at radius 2 is 2.06 bits per heavy atom. The molecule has 100 valence electrons. The van der Waals surface area contributed by atoms with Crippen molar-refractivity contribution in [2.45, 2.75) is 46.6 Å². The summed E-state index contributed by atoms with van der Waals surface area (Å²) >= 11 is 0. The summed E-state index contributed by atoms with van der Waals surface area (Å²) in [5.41, 5.74) is 2.37. The Morgan fingerprint density at radius 1 is 1.33 bits per heavy atom. The summed E-state index contributed by atoms with van der Waals surface area (Å²) < 4.78 is 5.67. The van der Waals surface area contributed by atoms with Crippen LogP contribution in [-0.4, -0.2) is 18.6 Å². The Hall–Kier alpha value is -1.51. The molecule has 0 heterocycles. The zero-order chi connectivity index (χ0) is 13.5. The second kappa shape index (κ2) is 7.04. The number of carbonyl (C=O) groups excluding carboxylic acids is 1. The van der Waals surface area contributed by atoms with E-state index >= 15 is 0 Å². The largest absolute Gasteiger partial charge is 0.493 e. The van der Waals surface area contributed by atoms with E-state index < -0.39 is 0 Å². The van der Waals surface area contributed by atoms with Gasteiger partial charge in [-0.1, -0.05) is 17.7 Å². The van der Waals surface area contributed by atoms with Gasteiger partial charge in [0, 0.05) is 12.5 Å². The second-order valence-corrected chi connectivity index (χ2v) is 4.94. The third kappa shape index (κ3) is 5.21. The number of carbonyl (C=O) groups is 1. The average Bonchev–Trinajstić information content (AvgIpc) is 2.25. The molecule has 1 aromatic carbocycles. The van der Waals surface area contributed by atoms with Gasteiger partial charge in [-0.15, -0.1) is 0 Å². The molecule has 0 radical (unpaired) electrons. The lowest BCUT2D eigenvalue weighted by Gasteiger charge is -2.10. The lowest BCUT2D eigenvalue weighted by Crippen LogP contribution is -2.30. The van der Waals surface area contributed by atoms with Crippen molar-refractivity contribution in [3.8, 4) is 5.75 Å². The van der Waals surface area contributed by atoms with E-state index in [0.717, 1.165) is 17.7 Å². The molecule has 0 aliphatic carbocycles. The minimum atomic E-state index is 0.0919. The van der Waals surface area contributed by atoms with Gasteiger partial charge in [0.15, 0.2) is 0 Å². The molecule has 3 heteroatoms. The van der Waals surface area contributed by atoms with Gasteiger partial charge >= 0.3 is 0 Å². The number of hydrogen-bond donors (Lipinski definition) is 1. The Morgan fingerprint density at radius 3 is 2.67 bits per heavy atom. The third-order valence-corrected chi connectivity index (χ3v) is 2.59. The summed E-state index contributed by atoms with van der Waals surface area (Å²) in [7, 11) is 0. The molecule has 3 nitrogen and oxygen atoms in total. The van der Waals surface area contributed by atoms with Crippen LogP contribution in [0.4, 0.5) is 0 Å². The molecular weight excluding hydrogens is 226 g/mol. The number of rotatable bonds is 6. The van der Waals surface area contributed by atoms with Crippen LogP contribution in [0.2, 0.25) is 0 Å². The maximum absolute atomic E-state index is 11.4. The topological polar surface area (TPSA) is 38.3 Å². The van der Waals surface area contributed by atoms with E-state index in [2.05, 4.69) is 18.3 Å². The quantitative estimate of drug-likeness (QED) is 0.787. The summed E-state index contributed by atoms with van der Waals surface area (Å²) in [5.74, 6) is 0.999. The van der Waals surface area contributed by atoms with Gasteiger partial charge in [-0.2, -0.15) is 0 Å². The van der Waals surface area contributed by atoms with Gasteiger partial charge in [0.05, 0.1) is 6.61 Å². The summed E-state index contributed by atoms with van der Waals surface area (Å²) in [6.45, 7) is 8.60. The highest BCUT2D eigenvalue weighted by atomic mass is 16.5. The van der Waals surface area contributed by atoms with E-state index in [9.17, 15) is 4.79 Å². The summed E-state index contributed by atoms with van der Waals surface area (Å²) in [6.07, 6.45) is 1.26. The van der Waals surface area contributed by atoms with Crippen molar-refractivity contribution >= 4 is 5.91 Å². The highest BCUT2D eigenvalue weighted by Crippen LogP contribution is 2.18. The van der Waals surface area contributed by atoms with Gasteiger partial charge in [0.2, 0.25) is 5.91 Å². The van der Waals surface area contributed by atoms with Crippen LogP contribution < -0.4 is 10.1 Å². The fourth-order valence-electron chi connectivity index (χ4n) is 1.77. The molecule has 0 atom stereocenters. The molecule has 0 saturated carbocycles. The van der Waals surface area contributed by atoms with Crippen LogP contribution in [-0.2, 0) is 4.79 Å². The summed E-state index contributed by atoms with van der Waals surface area (Å²) in [6, 6.07) is 6.32. The molecule has 0 saturated heterocycles. The minimum absolute atomic E-state index is 0.0919. The minimum Gasteiger partial charge on any atom is -0.493 e. The van der Waals surface area contributed by atoms with Crippen molar-refractivity contribution in [2.75, 3.05) is 6.61 Å². The van der Waals surface area contributed by atoms with E-state index in [4.69, 9.17) is 4.74 Å². The number of hydrogen-bond acceptors (Lipinski definition) is 2. The lowest BCUT2D eigenvalue weighted by atomic mass is 10.1. The van der Waals surface area contributed by atoms with Crippen molar-refractivity contribution in [3.05, 3.63) is 29.3 Å². The first-order valence-corrected chi connectivity index (χ1v) is 6.48.